The lowest BCUT2D eigenvalue weighted by atomic mass is 9.99. The highest BCUT2D eigenvalue weighted by Gasteiger charge is 2.35. The number of benzene rings is 2. The Hall–Kier alpha value is -2.39. The van der Waals surface area contributed by atoms with Crippen molar-refractivity contribution in [1.82, 2.24) is 4.41 Å². The summed E-state index contributed by atoms with van der Waals surface area (Å²) < 4.78 is 52.5. The van der Waals surface area contributed by atoms with Crippen LogP contribution in [-0.4, -0.2) is 38.5 Å². The molecule has 0 unspecified atom stereocenters. The van der Waals surface area contributed by atoms with Crippen LogP contribution in [0, 0.1) is 0 Å². The number of anilines is 1. The molecule has 2 aromatic rings. The van der Waals surface area contributed by atoms with Crippen molar-refractivity contribution in [1.29, 1.82) is 0 Å². The van der Waals surface area contributed by atoms with Crippen molar-refractivity contribution < 1.29 is 16.8 Å². The summed E-state index contributed by atoms with van der Waals surface area (Å²) in [5.74, 6) is -0.0831. The monoisotopic (exact) mass is 421 g/mol. The van der Waals surface area contributed by atoms with Crippen LogP contribution in [-0.2, 0) is 20.0 Å². The van der Waals surface area contributed by atoms with Crippen LogP contribution in [0.25, 0.3) is 0 Å². The van der Waals surface area contributed by atoms with Crippen molar-refractivity contribution in [3.05, 3.63) is 65.7 Å². The first-order valence-electron chi connectivity index (χ1n) is 9.01. The summed E-state index contributed by atoms with van der Waals surface area (Å²) in [5, 5.41) is 4.40. The molecule has 0 fully saturated rings. The van der Waals surface area contributed by atoms with Crippen LogP contribution in [0.1, 0.15) is 37.4 Å². The molecule has 0 saturated carbocycles. The first-order valence-corrected chi connectivity index (χ1v) is 12.3. The van der Waals surface area contributed by atoms with Gasteiger partial charge in [-0.25, -0.2) is 16.8 Å². The Morgan fingerprint density at radius 3 is 2.36 bits per heavy atom. The SMILES string of the molecule is CCS(=O)(=O)Nc1cccc(C2=NN(S(=O)(=O)CC)[C@@H](c3ccccc3)C2)c1. The summed E-state index contributed by atoms with van der Waals surface area (Å²) in [4.78, 5) is 0. The van der Waals surface area contributed by atoms with Crippen LogP contribution in [0.4, 0.5) is 5.69 Å². The van der Waals surface area contributed by atoms with Gasteiger partial charge >= 0.3 is 0 Å². The van der Waals surface area contributed by atoms with Gasteiger partial charge in [-0.2, -0.15) is 9.52 Å². The summed E-state index contributed by atoms with van der Waals surface area (Å²) in [7, 11) is -6.95. The van der Waals surface area contributed by atoms with Gasteiger partial charge in [0.1, 0.15) is 0 Å². The van der Waals surface area contributed by atoms with Crippen molar-refractivity contribution in [3.8, 4) is 0 Å². The van der Waals surface area contributed by atoms with Crippen LogP contribution in [0.2, 0.25) is 0 Å². The first-order chi connectivity index (χ1) is 13.3. The quantitative estimate of drug-likeness (QED) is 0.743. The summed E-state index contributed by atoms with van der Waals surface area (Å²) in [6.07, 6.45) is 0.410. The van der Waals surface area contributed by atoms with E-state index in [9.17, 15) is 16.8 Å². The number of rotatable bonds is 7. The fourth-order valence-corrected chi connectivity index (χ4v) is 4.69. The van der Waals surface area contributed by atoms with Gasteiger partial charge in [-0.1, -0.05) is 42.5 Å². The zero-order valence-corrected chi connectivity index (χ0v) is 17.4. The van der Waals surface area contributed by atoms with Gasteiger partial charge in [0, 0.05) is 12.1 Å². The van der Waals surface area contributed by atoms with Crippen molar-refractivity contribution in [2.24, 2.45) is 5.10 Å². The maximum Gasteiger partial charge on any atom is 0.250 e. The minimum Gasteiger partial charge on any atom is -0.284 e. The van der Waals surface area contributed by atoms with E-state index in [4.69, 9.17) is 0 Å². The Kier molecular flexibility index (Phi) is 5.76. The molecule has 2 aromatic carbocycles. The summed E-state index contributed by atoms with van der Waals surface area (Å²) in [6, 6.07) is 15.8. The van der Waals surface area contributed by atoms with E-state index in [1.165, 1.54) is 4.41 Å². The molecule has 7 nitrogen and oxygen atoms in total. The average molecular weight is 422 g/mol. The number of hydrogen-bond acceptors (Lipinski definition) is 5. The van der Waals surface area contributed by atoms with E-state index < -0.39 is 26.1 Å². The lowest BCUT2D eigenvalue weighted by Gasteiger charge is -2.22. The Bertz CT molecular complexity index is 1080. The number of nitrogens with zero attached hydrogens (tertiary/aromatic N) is 2. The first kappa shape index (κ1) is 20.3. The van der Waals surface area contributed by atoms with Gasteiger partial charge in [0.05, 0.1) is 23.3 Å². The minimum atomic E-state index is -3.54. The fourth-order valence-electron chi connectivity index (χ4n) is 2.99. The predicted molar refractivity (Wildman–Crippen MR) is 111 cm³/mol. The average Bonchev–Trinajstić information content (AvgIpc) is 3.15. The zero-order chi connectivity index (χ0) is 20.4. The van der Waals surface area contributed by atoms with Gasteiger partial charge < -0.3 is 0 Å². The normalized spacial score (nSPS) is 17.4. The highest BCUT2D eigenvalue weighted by molar-refractivity contribution is 7.92. The molecule has 150 valence electrons. The van der Waals surface area contributed by atoms with Crippen LogP contribution < -0.4 is 4.72 Å². The highest BCUT2D eigenvalue weighted by Crippen LogP contribution is 2.35. The van der Waals surface area contributed by atoms with E-state index in [1.807, 2.05) is 30.3 Å². The molecular formula is C19H23N3O4S2. The Morgan fingerprint density at radius 1 is 1.00 bits per heavy atom. The lowest BCUT2D eigenvalue weighted by Crippen LogP contribution is -2.28. The van der Waals surface area contributed by atoms with Gasteiger partial charge in [0.15, 0.2) is 0 Å². The largest absolute Gasteiger partial charge is 0.284 e. The standard InChI is InChI=1S/C19H23N3O4S2/c1-3-27(23,24)21-17-12-8-11-16(13-17)18-14-19(15-9-6-5-7-10-15)22(20-18)28(25,26)4-2/h5-13,19,21H,3-4,14H2,1-2H3/t19-/m1/s1. The van der Waals surface area contributed by atoms with E-state index in [2.05, 4.69) is 9.82 Å². The van der Waals surface area contributed by atoms with Gasteiger partial charge in [-0.05, 0) is 37.1 Å². The molecule has 3 rings (SSSR count). The molecule has 1 atom stereocenters. The molecule has 0 bridgehead atoms. The minimum absolute atomic E-state index is 0.0310. The maximum atomic E-state index is 12.6. The van der Waals surface area contributed by atoms with Crippen molar-refractivity contribution in [3.63, 3.8) is 0 Å². The van der Waals surface area contributed by atoms with Crippen molar-refractivity contribution in [2.75, 3.05) is 16.2 Å². The third kappa shape index (κ3) is 4.36. The molecule has 0 spiro atoms. The summed E-state index contributed by atoms with van der Waals surface area (Å²) in [5.41, 5.74) is 2.57. The van der Waals surface area contributed by atoms with E-state index in [0.29, 0.717) is 23.4 Å². The predicted octanol–water partition coefficient (Wildman–Crippen LogP) is 2.95. The Morgan fingerprint density at radius 2 is 1.71 bits per heavy atom. The maximum absolute atomic E-state index is 12.6. The van der Waals surface area contributed by atoms with Gasteiger partial charge in [-0.15, -0.1) is 0 Å². The van der Waals surface area contributed by atoms with E-state index in [-0.39, 0.29) is 11.5 Å². The Balaban J connectivity index is 1.97. The van der Waals surface area contributed by atoms with Gasteiger partial charge in [0.25, 0.3) is 0 Å². The molecule has 1 N–H and O–H groups in total. The second-order valence-electron chi connectivity index (χ2n) is 6.44. The second-order valence-corrected chi connectivity index (χ2v) is 10.6. The molecular weight excluding hydrogens is 398 g/mol. The second kappa shape index (κ2) is 7.92. The van der Waals surface area contributed by atoms with Crippen LogP contribution in [0.5, 0.6) is 0 Å². The number of hydrogen-bond donors (Lipinski definition) is 1. The molecule has 0 amide bonds. The third-order valence-electron chi connectivity index (χ3n) is 4.56. The van der Waals surface area contributed by atoms with Crippen LogP contribution in [0.3, 0.4) is 0 Å². The molecule has 0 aliphatic carbocycles. The zero-order valence-electron chi connectivity index (χ0n) is 15.7. The van der Waals surface area contributed by atoms with E-state index in [0.717, 1.165) is 5.56 Å². The summed E-state index contributed by atoms with van der Waals surface area (Å²) in [6.45, 7) is 3.15. The van der Waals surface area contributed by atoms with Crippen LogP contribution in [0.15, 0.2) is 59.7 Å². The fraction of sp³-hybridized carbons (Fsp3) is 0.316. The number of nitrogens with one attached hydrogen (secondary N) is 1. The van der Waals surface area contributed by atoms with Crippen molar-refractivity contribution in [2.45, 2.75) is 26.3 Å². The lowest BCUT2D eigenvalue weighted by molar-refractivity contribution is 0.372. The van der Waals surface area contributed by atoms with Crippen molar-refractivity contribution >= 4 is 31.4 Å². The molecule has 0 saturated heterocycles. The molecule has 1 aliphatic rings. The summed E-state index contributed by atoms with van der Waals surface area (Å²) >= 11 is 0. The van der Waals surface area contributed by atoms with Crippen LogP contribution >= 0.6 is 0 Å². The van der Waals surface area contributed by atoms with E-state index >= 15 is 0 Å². The smallest absolute Gasteiger partial charge is 0.250 e. The highest BCUT2D eigenvalue weighted by atomic mass is 32.2. The Labute approximate surface area is 166 Å². The number of hydrazone groups is 1. The molecule has 0 radical (unpaired) electrons. The third-order valence-corrected chi connectivity index (χ3v) is 7.50. The topological polar surface area (TPSA) is 95.9 Å². The van der Waals surface area contributed by atoms with E-state index in [1.54, 1.807) is 38.1 Å². The molecule has 1 heterocycles. The molecule has 0 aromatic heterocycles. The van der Waals surface area contributed by atoms with Gasteiger partial charge in [0.2, 0.25) is 20.0 Å². The molecule has 1 aliphatic heterocycles. The molecule has 28 heavy (non-hydrogen) atoms. The van der Waals surface area contributed by atoms with Gasteiger partial charge in [-0.3, -0.25) is 4.72 Å². The number of sulfonamides is 2. The molecule has 9 heteroatoms.